The van der Waals surface area contributed by atoms with Gasteiger partial charge < -0.3 is 4.90 Å². The monoisotopic (exact) mass is 292 g/mol. The van der Waals surface area contributed by atoms with Gasteiger partial charge in [-0.15, -0.1) is 0 Å². The Labute approximate surface area is 132 Å². The second-order valence-electron chi connectivity index (χ2n) is 4.00. The first-order valence-electron chi connectivity index (χ1n) is 11.2. The van der Waals surface area contributed by atoms with E-state index < -0.39 is 60.0 Å². The maximum atomic E-state index is 11.9. The van der Waals surface area contributed by atoms with Crippen LogP contribution in [-0.4, -0.2) is 39.1 Å². The number of rotatable bonds is 4. The van der Waals surface area contributed by atoms with E-state index in [-0.39, 0.29) is 9.80 Å². The Kier molecular flexibility index (Phi) is 1.87. The summed E-state index contributed by atoms with van der Waals surface area (Å²) >= 11 is 0. The van der Waals surface area contributed by atoms with Crippen molar-refractivity contribution in [1.29, 1.82) is 0 Å². The molecule has 19 heavy (non-hydrogen) atoms. The third kappa shape index (κ3) is 3.80. The molecular formula is C15H23NO2S. The van der Waals surface area contributed by atoms with Crippen molar-refractivity contribution in [1.82, 2.24) is 4.90 Å². The molecule has 1 unspecified atom stereocenters. The number of piperidine rings is 1. The molecule has 0 radical (unpaired) electrons. The summed E-state index contributed by atoms with van der Waals surface area (Å²) in [5, 5.41) is 0. The first kappa shape index (κ1) is 5.86. The van der Waals surface area contributed by atoms with Crippen LogP contribution in [0.2, 0.25) is 0 Å². The molecule has 0 spiro atoms. The molecule has 1 aromatic carbocycles. The van der Waals surface area contributed by atoms with E-state index in [9.17, 15) is 8.42 Å². The zero-order valence-electron chi connectivity index (χ0n) is 21.7. The van der Waals surface area contributed by atoms with Gasteiger partial charge in [-0.2, -0.15) is 0 Å². The molecule has 2 rings (SSSR count). The van der Waals surface area contributed by atoms with Crippen LogP contribution in [-0.2, 0) is 9.84 Å². The van der Waals surface area contributed by atoms with E-state index in [0.717, 1.165) is 30.5 Å². The van der Waals surface area contributed by atoms with Gasteiger partial charge in [0.05, 0.1) is 4.90 Å². The van der Waals surface area contributed by atoms with Gasteiger partial charge in [0.15, 0.2) is 9.84 Å². The summed E-state index contributed by atoms with van der Waals surface area (Å²) in [5.41, 5.74) is -0.559. The van der Waals surface area contributed by atoms with Gasteiger partial charge in [0, 0.05) is 27.8 Å². The van der Waals surface area contributed by atoms with E-state index >= 15 is 0 Å². The van der Waals surface area contributed by atoms with E-state index in [1.165, 1.54) is 6.92 Å². The zero-order valence-corrected chi connectivity index (χ0v) is 11.5. The Morgan fingerprint density at radius 2 is 2.37 bits per heavy atom. The summed E-state index contributed by atoms with van der Waals surface area (Å²) in [6.45, 7) is -8.43. The molecule has 0 bridgehead atoms. The fourth-order valence-corrected chi connectivity index (χ4v) is 2.24. The third-order valence-electron chi connectivity index (χ3n) is 2.45. The number of likely N-dealkylation sites (tertiary alicyclic amines) is 1. The van der Waals surface area contributed by atoms with E-state index in [0.29, 0.717) is 0 Å². The summed E-state index contributed by atoms with van der Waals surface area (Å²) in [4.78, 5) is -0.438. The lowest BCUT2D eigenvalue weighted by molar-refractivity contribution is 0.208. The summed E-state index contributed by atoms with van der Waals surface area (Å²) in [6.07, 6.45) is -6.72. The highest BCUT2D eigenvalue weighted by molar-refractivity contribution is 7.90. The van der Waals surface area contributed by atoms with Gasteiger partial charge in [-0.3, -0.25) is 0 Å². The van der Waals surface area contributed by atoms with Crippen molar-refractivity contribution in [3.63, 3.8) is 0 Å². The lowest BCUT2D eigenvalue weighted by Gasteiger charge is -2.32. The number of hydrogen-bond acceptors (Lipinski definition) is 3. The van der Waals surface area contributed by atoms with Crippen molar-refractivity contribution in [2.75, 3.05) is 25.7 Å². The van der Waals surface area contributed by atoms with Crippen LogP contribution in [0.1, 0.15) is 52.6 Å². The second-order valence-corrected chi connectivity index (χ2v) is 6.01. The van der Waals surface area contributed by atoms with Crippen LogP contribution in [0.15, 0.2) is 29.2 Å². The van der Waals surface area contributed by atoms with Gasteiger partial charge in [0.25, 0.3) is 0 Å². The molecular weight excluding hydrogens is 258 g/mol. The molecule has 1 fully saturated rings. The van der Waals surface area contributed by atoms with Crippen LogP contribution >= 0.6 is 0 Å². The molecule has 4 heteroatoms. The van der Waals surface area contributed by atoms with Crippen molar-refractivity contribution in [2.24, 2.45) is 0 Å². The van der Waals surface area contributed by atoms with Crippen molar-refractivity contribution >= 4 is 9.84 Å². The van der Waals surface area contributed by atoms with Gasteiger partial charge >= 0.3 is 0 Å². The van der Waals surface area contributed by atoms with E-state index in [1.54, 1.807) is 0 Å². The minimum Gasteiger partial charge on any atom is -0.303 e. The molecule has 0 aliphatic carbocycles. The summed E-state index contributed by atoms with van der Waals surface area (Å²) in [5.74, 6) is -3.24. The predicted octanol–water partition coefficient (Wildman–Crippen LogP) is 2.68. The molecule has 1 aliphatic heterocycles. The van der Waals surface area contributed by atoms with Crippen molar-refractivity contribution < 1.29 is 23.5 Å². The van der Waals surface area contributed by atoms with Gasteiger partial charge in [0.1, 0.15) is 0 Å². The number of sulfone groups is 1. The van der Waals surface area contributed by atoms with Gasteiger partial charge in [-0.1, -0.05) is 19.1 Å². The predicted molar refractivity (Wildman–Crippen MR) is 78.3 cm³/mol. The Hall–Kier alpha value is -0.870. The summed E-state index contributed by atoms with van der Waals surface area (Å²) < 4.78 is 115. The first-order valence-corrected chi connectivity index (χ1v) is 7.64. The fourth-order valence-electron chi connectivity index (χ4n) is 1.57. The molecule has 1 aromatic rings. The fraction of sp³-hybridized carbons (Fsp3) is 0.600. The van der Waals surface area contributed by atoms with Crippen molar-refractivity contribution in [3.8, 4) is 0 Å². The minimum absolute atomic E-state index is 0.0750. The van der Waals surface area contributed by atoms with Crippen molar-refractivity contribution in [3.05, 3.63) is 29.8 Å². The highest BCUT2D eigenvalue weighted by Gasteiger charge is 2.21. The van der Waals surface area contributed by atoms with E-state index in [2.05, 4.69) is 0 Å². The maximum absolute atomic E-state index is 11.9. The van der Waals surface area contributed by atoms with Crippen LogP contribution in [0, 0.1) is 0 Å². The molecule has 1 aliphatic rings. The molecule has 0 N–H and O–H groups in total. The molecule has 0 aromatic heterocycles. The zero-order chi connectivity index (χ0) is 23.8. The van der Waals surface area contributed by atoms with Crippen LogP contribution < -0.4 is 0 Å². The van der Waals surface area contributed by atoms with Crippen LogP contribution in [0.4, 0.5) is 0 Å². The standard InChI is InChI=1S/C15H23NO2S/c1-3-9-16-10-5-7-14(12-16)13-6-4-8-15(11-13)19(2,17)18/h4,6,8,11,14H,3,5,7,9-10,12H2,1-2H3/i5D2,7D2,9D2,10D2,12D2,14D. The Balaban J connectivity index is 3.00. The summed E-state index contributed by atoms with van der Waals surface area (Å²) in [6, 6.07) is 4.18. The molecule has 3 nitrogen and oxygen atoms in total. The molecule has 0 saturated carbocycles. The third-order valence-corrected chi connectivity index (χ3v) is 3.56. The van der Waals surface area contributed by atoms with Gasteiger partial charge in [-0.05, 0) is 55.8 Å². The molecule has 1 atom stereocenters. The smallest absolute Gasteiger partial charge is 0.175 e. The molecule has 1 saturated heterocycles. The quantitative estimate of drug-likeness (QED) is 0.856. The first-order chi connectivity index (χ1) is 13.1. The molecule has 106 valence electrons. The second kappa shape index (κ2) is 6.06. The van der Waals surface area contributed by atoms with Crippen LogP contribution in [0.25, 0.3) is 0 Å². The summed E-state index contributed by atoms with van der Waals surface area (Å²) in [7, 11) is -3.85. The van der Waals surface area contributed by atoms with Crippen molar-refractivity contribution in [2.45, 2.75) is 36.9 Å². The van der Waals surface area contributed by atoms with E-state index in [1.807, 2.05) is 0 Å². The SMILES string of the molecule is [2H]C([2H])(CC)N1C([2H])([2H])C([2H])([2H])C([2H])([2H])C([2H])(c2cccc(S(C)(=O)=O)c2)C1([2H])[2H]. The number of hydrogen-bond donors (Lipinski definition) is 0. The highest BCUT2D eigenvalue weighted by Crippen LogP contribution is 2.28. The number of nitrogens with zero attached hydrogens (tertiary/aromatic N) is 1. The normalized spacial score (nSPS) is 45.3. The minimum atomic E-state index is -3.85. The maximum Gasteiger partial charge on any atom is 0.175 e. The molecule has 1 heterocycles. The molecule has 0 amide bonds. The average molecular weight is 292 g/mol. The highest BCUT2D eigenvalue weighted by atomic mass is 32.2. The largest absolute Gasteiger partial charge is 0.303 e. The van der Waals surface area contributed by atoms with Crippen LogP contribution in [0.5, 0.6) is 0 Å². The van der Waals surface area contributed by atoms with E-state index in [4.69, 9.17) is 15.1 Å². The van der Waals surface area contributed by atoms with Gasteiger partial charge in [-0.25, -0.2) is 8.42 Å². The Morgan fingerprint density at radius 3 is 3.05 bits per heavy atom. The van der Waals surface area contributed by atoms with Crippen LogP contribution in [0.3, 0.4) is 0 Å². The topological polar surface area (TPSA) is 37.4 Å². The lowest BCUT2D eigenvalue weighted by Crippen LogP contribution is -2.34. The lowest BCUT2D eigenvalue weighted by atomic mass is 9.90. The Bertz CT molecular complexity index is 948. The average Bonchev–Trinajstić information content (AvgIpc) is 2.58. The Morgan fingerprint density at radius 1 is 1.58 bits per heavy atom. The number of benzene rings is 1. The van der Waals surface area contributed by atoms with Gasteiger partial charge in [0.2, 0.25) is 0 Å².